The number of para-hydroxylation sites is 1. The first kappa shape index (κ1) is 22.6. The lowest BCUT2D eigenvalue weighted by Gasteiger charge is -2.15. The summed E-state index contributed by atoms with van der Waals surface area (Å²) < 4.78 is 7.87. The van der Waals surface area contributed by atoms with Gasteiger partial charge in [-0.15, -0.1) is 0 Å². The minimum Gasteiger partial charge on any atom is -0.487 e. The van der Waals surface area contributed by atoms with Crippen molar-refractivity contribution in [2.45, 2.75) is 33.9 Å². The molecule has 1 aromatic carbocycles. The lowest BCUT2D eigenvalue weighted by atomic mass is 10.1. The Balaban J connectivity index is 1.67. The van der Waals surface area contributed by atoms with Crippen LogP contribution in [-0.4, -0.2) is 14.5 Å². The van der Waals surface area contributed by atoms with E-state index in [1.54, 1.807) is 36.1 Å². The minimum atomic E-state index is -0.0424. The third-order valence-electron chi connectivity index (χ3n) is 5.35. The highest BCUT2D eigenvalue weighted by atomic mass is 35.5. The molecule has 0 radical (unpaired) electrons. The van der Waals surface area contributed by atoms with Crippen LogP contribution in [0.15, 0.2) is 72.1 Å². The molecule has 1 N–H and O–H groups in total. The number of halogens is 1. The van der Waals surface area contributed by atoms with Gasteiger partial charge in [0.05, 0.1) is 11.6 Å². The fourth-order valence-electron chi connectivity index (χ4n) is 3.67. The maximum Gasteiger partial charge on any atom is 0.253 e. The summed E-state index contributed by atoms with van der Waals surface area (Å²) in [5, 5.41) is 4.75. The van der Waals surface area contributed by atoms with E-state index in [0.717, 1.165) is 33.4 Å². The van der Waals surface area contributed by atoms with E-state index >= 15 is 0 Å². The van der Waals surface area contributed by atoms with Crippen LogP contribution in [0.25, 0.3) is 10.9 Å². The van der Waals surface area contributed by atoms with Gasteiger partial charge in [0.2, 0.25) is 0 Å². The van der Waals surface area contributed by atoms with Gasteiger partial charge in [0.15, 0.2) is 0 Å². The van der Waals surface area contributed by atoms with Crippen LogP contribution >= 0.6 is 11.6 Å². The number of nitrogens with zero attached hydrogens (tertiary/aromatic N) is 3. The second kappa shape index (κ2) is 9.88. The Hall–Kier alpha value is -3.64. The molecule has 0 amide bonds. The number of hydrogen-bond acceptors (Lipinski definition) is 5. The molecule has 0 aliphatic heterocycles. The molecule has 168 valence electrons. The number of pyridine rings is 3. The Labute approximate surface area is 197 Å². The summed E-state index contributed by atoms with van der Waals surface area (Å²) in [5.41, 5.74) is 4.87. The summed E-state index contributed by atoms with van der Waals surface area (Å²) in [6.45, 7) is 6.29. The third kappa shape index (κ3) is 4.91. The van der Waals surface area contributed by atoms with Crippen molar-refractivity contribution >= 4 is 28.2 Å². The average Bonchev–Trinajstić information content (AvgIpc) is 2.80. The van der Waals surface area contributed by atoms with Crippen molar-refractivity contribution in [1.82, 2.24) is 14.5 Å². The van der Waals surface area contributed by atoms with Crippen molar-refractivity contribution in [1.29, 1.82) is 0 Å². The zero-order valence-corrected chi connectivity index (χ0v) is 19.6. The SMILES string of the molecule is C/C=C\Nc1cc(C)nc2c(OCc3c(Cl)cncc3Cn3cccc(C)c3=O)cccc12. The molecule has 4 aromatic rings. The summed E-state index contributed by atoms with van der Waals surface area (Å²) in [7, 11) is 0. The molecule has 4 rings (SSSR count). The molecule has 0 saturated heterocycles. The lowest BCUT2D eigenvalue weighted by molar-refractivity contribution is 0.307. The Morgan fingerprint density at radius 2 is 2.03 bits per heavy atom. The maximum absolute atomic E-state index is 12.5. The van der Waals surface area contributed by atoms with Crippen molar-refractivity contribution in [2.75, 3.05) is 5.32 Å². The fraction of sp³-hybridized carbons (Fsp3) is 0.192. The quantitative estimate of drug-likeness (QED) is 0.387. The van der Waals surface area contributed by atoms with Crippen LogP contribution in [0.1, 0.15) is 29.3 Å². The molecular formula is C26H25ClN4O2. The number of benzene rings is 1. The highest BCUT2D eigenvalue weighted by Gasteiger charge is 2.13. The zero-order chi connectivity index (χ0) is 23.4. The number of rotatable bonds is 7. The molecule has 33 heavy (non-hydrogen) atoms. The van der Waals surface area contributed by atoms with Gasteiger partial charge in [-0.3, -0.25) is 9.78 Å². The van der Waals surface area contributed by atoms with Gasteiger partial charge in [0.1, 0.15) is 17.9 Å². The molecule has 0 unspecified atom stereocenters. The van der Waals surface area contributed by atoms with Crippen LogP contribution in [0.5, 0.6) is 5.75 Å². The number of aryl methyl sites for hydroxylation is 2. The number of anilines is 1. The van der Waals surface area contributed by atoms with Crippen molar-refractivity contribution in [2.24, 2.45) is 0 Å². The number of allylic oxidation sites excluding steroid dienone is 1. The summed E-state index contributed by atoms with van der Waals surface area (Å²) in [5.74, 6) is 0.659. The summed E-state index contributed by atoms with van der Waals surface area (Å²) >= 11 is 6.50. The van der Waals surface area contributed by atoms with Gasteiger partial charge in [-0.05, 0) is 50.7 Å². The van der Waals surface area contributed by atoms with Crippen molar-refractivity contribution in [3.05, 3.63) is 105 Å². The molecule has 7 heteroatoms. The first-order valence-corrected chi connectivity index (χ1v) is 11.0. The van der Waals surface area contributed by atoms with Gasteiger partial charge in [0.25, 0.3) is 5.56 Å². The van der Waals surface area contributed by atoms with Gasteiger partial charge >= 0.3 is 0 Å². The Morgan fingerprint density at radius 3 is 2.85 bits per heavy atom. The fourth-order valence-corrected chi connectivity index (χ4v) is 3.91. The minimum absolute atomic E-state index is 0.0424. The Bertz CT molecular complexity index is 1400. The normalized spacial score (nSPS) is 11.3. The van der Waals surface area contributed by atoms with Gasteiger partial charge in [0, 0.05) is 46.5 Å². The Morgan fingerprint density at radius 1 is 1.18 bits per heavy atom. The van der Waals surface area contributed by atoms with E-state index in [1.165, 1.54) is 0 Å². The highest BCUT2D eigenvalue weighted by Crippen LogP contribution is 2.31. The van der Waals surface area contributed by atoms with Gasteiger partial charge in [-0.25, -0.2) is 4.98 Å². The van der Waals surface area contributed by atoms with Crippen molar-refractivity contribution in [3.63, 3.8) is 0 Å². The number of aromatic nitrogens is 3. The Kier molecular flexibility index (Phi) is 6.75. The van der Waals surface area contributed by atoms with Crippen LogP contribution in [0.2, 0.25) is 5.02 Å². The average molecular weight is 461 g/mol. The molecule has 0 spiro atoms. The highest BCUT2D eigenvalue weighted by molar-refractivity contribution is 6.31. The van der Waals surface area contributed by atoms with Gasteiger partial charge in [-0.2, -0.15) is 0 Å². The third-order valence-corrected chi connectivity index (χ3v) is 5.68. The van der Waals surface area contributed by atoms with Crippen LogP contribution in [0.3, 0.4) is 0 Å². The maximum atomic E-state index is 12.5. The van der Waals surface area contributed by atoms with E-state index in [4.69, 9.17) is 21.3 Å². The number of ether oxygens (including phenoxy) is 1. The molecule has 3 aromatic heterocycles. The summed E-state index contributed by atoms with van der Waals surface area (Å²) in [6, 6.07) is 11.5. The van der Waals surface area contributed by atoms with E-state index < -0.39 is 0 Å². The van der Waals surface area contributed by atoms with E-state index in [-0.39, 0.29) is 12.2 Å². The van der Waals surface area contributed by atoms with Gasteiger partial charge < -0.3 is 14.6 Å². The van der Waals surface area contributed by atoms with Crippen LogP contribution < -0.4 is 15.6 Å². The molecule has 0 aliphatic rings. The molecule has 6 nitrogen and oxygen atoms in total. The molecule has 3 heterocycles. The molecule has 0 bridgehead atoms. The first-order valence-electron chi connectivity index (χ1n) is 10.7. The second-order valence-corrected chi connectivity index (χ2v) is 8.19. The molecule has 0 fully saturated rings. The number of hydrogen-bond donors (Lipinski definition) is 1. The largest absolute Gasteiger partial charge is 0.487 e. The number of nitrogens with one attached hydrogen (secondary N) is 1. The molecular weight excluding hydrogens is 436 g/mol. The first-order chi connectivity index (χ1) is 16.0. The number of fused-ring (bicyclic) bond motifs is 1. The smallest absolute Gasteiger partial charge is 0.253 e. The van der Waals surface area contributed by atoms with Crippen molar-refractivity contribution in [3.8, 4) is 5.75 Å². The monoisotopic (exact) mass is 460 g/mol. The van der Waals surface area contributed by atoms with E-state index in [0.29, 0.717) is 22.9 Å². The van der Waals surface area contributed by atoms with Crippen LogP contribution in [0.4, 0.5) is 5.69 Å². The van der Waals surface area contributed by atoms with E-state index in [1.807, 2.05) is 56.5 Å². The zero-order valence-electron chi connectivity index (χ0n) is 18.8. The van der Waals surface area contributed by atoms with Crippen molar-refractivity contribution < 1.29 is 4.74 Å². The summed E-state index contributed by atoms with van der Waals surface area (Å²) in [4.78, 5) is 21.4. The van der Waals surface area contributed by atoms with Gasteiger partial charge in [-0.1, -0.05) is 35.9 Å². The molecule has 0 saturated carbocycles. The molecule has 0 aliphatic carbocycles. The van der Waals surface area contributed by atoms with Crippen LogP contribution in [-0.2, 0) is 13.2 Å². The van der Waals surface area contributed by atoms with E-state index in [2.05, 4.69) is 10.3 Å². The predicted octanol–water partition coefficient (Wildman–Crippen LogP) is 5.63. The van der Waals surface area contributed by atoms with E-state index in [9.17, 15) is 4.79 Å². The topological polar surface area (TPSA) is 69.0 Å². The second-order valence-electron chi connectivity index (χ2n) is 7.78. The summed E-state index contributed by atoms with van der Waals surface area (Å²) in [6.07, 6.45) is 8.90. The predicted molar refractivity (Wildman–Crippen MR) is 133 cm³/mol. The van der Waals surface area contributed by atoms with Crippen LogP contribution in [0, 0.1) is 13.8 Å². The lowest BCUT2D eigenvalue weighted by Crippen LogP contribution is -2.22. The molecule has 0 atom stereocenters. The standard InChI is InChI=1S/C26H25ClN4O2/c1-4-10-29-23-12-18(3)30-25-20(23)8-5-9-24(25)33-16-21-19(13-28-14-22(21)27)15-31-11-6-7-17(2)26(31)32/h4-14H,15-16H2,1-3H3,(H,29,30)/b10-4-.